The van der Waals surface area contributed by atoms with E-state index in [1.54, 1.807) is 0 Å². The molecule has 0 aliphatic rings. The van der Waals surface area contributed by atoms with Crippen LogP contribution in [0.15, 0.2) is 22.7 Å². The molecule has 0 bridgehead atoms. The summed E-state index contributed by atoms with van der Waals surface area (Å²) in [6, 6.07) is 6.06. The lowest BCUT2D eigenvalue weighted by molar-refractivity contribution is -0.130. The highest BCUT2D eigenvalue weighted by Gasteiger charge is 2.11. The van der Waals surface area contributed by atoms with E-state index in [4.69, 9.17) is 0 Å². The minimum atomic E-state index is 0.200. The van der Waals surface area contributed by atoms with Crippen LogP contribution in [0.25, 0.3) is 0 Å². The van der Waals surface area contributed by atoms with Gasteiger partial charge in [-0.1, -0.05) is 22.0 Å². The molecule has 0 N–H and O–H groups in total. The maximum absolute atomic E-state index is 11.9. The predicted octanol–water partition coefficient (Wildman–Crippen LogP) is 3.17. The SMILES string of the molecule is CCN(CC)C(=O)Cc1cc(Br)ccc1C. The molecule has 0 fully saturated rings. The minimum Gasteiger partial charge on any atom is -0.343 e. The largest absolute Gasteiger partial charge is 0.343 e. The Morgan fingerprint density at radius 3 is 2.50 bits per heavy atom. The Balaban J connectivity index is 2.80. The van der Waals surface area contributed by atoms with E-state index in [0.29, 0.717) is 6.42 Å². The van der Waals surface area contributed by atoms with E-state index in [9.17, 15) is 4.79 Å². The molecule has 0 heterocycles. The van der Waals surface area contributed by atoms with Crippen molar-refractivity contribution in [1.82, 2.24) is 4.90 Å². The highest BCUT2D eigenvalue weighted by atomic mass is 79.9. The minimum absolute atomic E-state index is 0.200. The summed E-state index contributed by atoms with van der Waals surface area (Å²) < 4.78 is 1.03. The second-order valence-electron chi connectivity index (χ2n) is 3.81. The van der Waals surface area contributed by atoms with Crippen LogP contribution in [0.2, 0.25) is 0 Å². The molecule has 0 aliphatic heterocycles. The maximum atomic E-state index is 11.9. The van der Waals surface area contributed by atoms with Gasteiger partial charge in [0.15, 0.2) is 0 Å². The van der Waals surface area contributed by atoms with Gasteiger partial charge >= 0.3 is 0 Å². The van der Waals surface area contributed by atoms with Crippen LogP contribution in [-0.4, -0.2) is 23.9 Å². The van der Waals surface area contributed by atoms with Gasteiger partial charge in [0.1, 0.15) is 0 Å². The number of carbonyl (C=O) groups excluding carboxylic acids is 1. The molecule has 0 saturated carbocycles. The molecule has 0 spiro atoms. The van der Waals surface area contributed by atoms with Crippen molar-refractivity contribution in [2.45, 2.75) is 27.2 Å². The highest BCUT2D eigenvalue weighted by molar-refractivity contribution is 9.10. The molecule has 1 aromatic carbocycles. The molecule has 0 radical (unpaired) electrons. The van der Waals surface area contributed by atoms with E-state index in [0.717, 1.165) is 23.1 Å². The van der Waals surface area contributed by atoms with Gasteiger partial charge < -0.3 is 4.90 Å². The van der Waals surface area contributed by atoms with Crippen LogP contribution in [-0.2, 0) is 11.2 Å². The molecule has 1 rings (SSSR count). The maximum Gasteiger partial charge on any atom is 0.226 e. The topological polar surface area (TPSA) is 20.3 Å². The van der Waals surface area contributed by atoms with Crippen LogP contribution >= 0.6 is 15.9 Å². The molecule has 1 amide bonds. The standard InChI is InChI=1S/C13H18BrNO/c1-4-15(5-2)13(16)9-11-8-12(14)7-6-10(11)3/h6-8H,4-5,9H2,1-3H3. The summed E-state index contributed by atoms with van der Waals surface area (Å²) in [5, 5.41) is 0. The molecular weight excluding hydrogens is 266 g/mol. The summed E-state index contributed by atoms with van der Waals surface area (Å²) in [5.41, 5.74) is 2.27. The van der Waals surface area contributed by atoms with Gasteiger partial charge in [0.05, 0.1) is 6.42 Å². The molecular formula is C13H18BrNO. The number of nitrogens with zero attached hydrogens (tertiary/aromatic N) is 1. The van der Waals surface area contributed by atoms with Gasteiger partial charge in [-0.2, -0.15) is 0 Å². The molecule has 0 saturated heterocycles. The lowest BCUT2D eigenvalue weighted by atomic mass is 10.1. The van der Waals surface area contributed by atoms with Crippen LogP contribution in [0.5, 0.6) is 0 Å². The molecule has 0 aliphatic carbocycles. The number of likely N-dealkylation sites (N-methyl/N-ethyl adjacent to an activating group) is 1. The summed E-state index contributed by atoms with van der Waals surface area (Å²) >= 11 is 3.43. The van der Waals surface area contributed by atoms with Crippen molar-refractivity contribution in [3.8, 4) is 0 Å². The van der Waals surface area contributed by atoms with Crippen molar-refractivity contribution < 1.29 is 4.79 Å². The molecule has 16 heavy (non-hydrogen) atoms. The van der Waals surface area contributed by atoms with E-state index in [1.165, 1.54) is 5.56 Å². The predicted molar refractivity (Wildman–Crippen MR) is 70.5 cm³/mol. The summed E-state index contributed by atoms with van der Waals surface area (Å²) in [4.78, 5) is 13.8. The van der Waals surface area contributed by atoms with Crippen molar-refractivity contribution in [3.05, 3.63) is 33.8 Å². The third kappa shape index (κ3) is 3.34. The molecule has 1 aromatic rings. The zero-order chi connectivity index (χ0) is 12.1. The molecule has 3 heteroatoms. The second-order valence-corrected chi connectivity index (χ2v) is 4.73. The van der Waals surface area contributed by atoms with Crippen molar-refractivity contribution in [1.29, 1.82) is 0 Å². The number of hydrogen-bond donors (Lipinski definition) is 0. The Hall–Kier alpha value is -0.830. The van der Waals surface area contributed by atoms with Crippen molar-refractivity contribution in [2.24, 2.45) is 0 Å². The quantitative estimate of drug-likeness (QED) is 0.831. The number of rotatable bonds is 4. The smallest absolute Gasteiger partial charge is 0.226 e. The van der Waals surface area contributed by atoms with Gasteiger partial charge in [0.25, 0.3) is 0 Å². The van der Waals surface area contributed by atoms with Crippen LogP contribution < -0.4 is 0 Å². The first-order valence-electron chi connectivity index (χ1n) is 5.61. The van der Waals surface area contributed by atoms with Gasteiger partial charge in [0, 0.05) is 17.6 Å². The van der Waals surface area contributed by atoms with E-state index in [-0.39, 0.29) is 5.91 Å². The lowest BCUT2D eigenvalue weighted by Gasteiger charge is -2.19. The van der Waals surface area contributed by atoms with Gasteiger partial charge in [0.2, 0.25) is 5.91 Å². The number of halogens is 1. The second kappa shape index (κ2) is 6.04. The Labute approximate surface area is 106 Å². The fourth-order valence-electron chi connectivity index (χ4n) is 1.68. The molecule has 2 nitrogen and oxygen atoms in total. The van der Waals surface area contributed by atoms with Gasteiger partial charge in [-0.25, -0.2) is 0 Å². The number of hydrogen-bond acceptors (Lipinski definition) is 1. The van der Waals surface area contributed by atoms with E-state index < -0.39 is 0 Å². The van der Waals surface area contributed by atoms with Gasteiger partial charge in [-0.05, 0) is 44.0 Å². The number of benzene rings is 1. The van der Waals surface area contributed by atoms with Crippen LogP contribution in [0.3, 0.4) is 0 Å². The summed E-state index contributed by atoms with van der Waals surface area (Å²) in [6.45, 7) is 7.62. The van der Waals surface area contributed by atoms with E-state index in [2.05, 4.69) is 15.9 Å². The average Bonchev–Trinajstić information content (AvgIpc) is 2.25. The first kappa shape index (κ1) is 13.2. The molecule has 0 atom stereocenters. The summed E-state index contributed by atoms with van der Waals surface area (Å²) in [6.07, 6.45) is 0.493. The monoisotopic (exact) mass is 283 g/mol. The average molecular weight is 284 g/mol. The normalized spacial score (nSPS) is 10.2. The zero-order valence-electron chi connectivity index (χ0n) is 10.1. The zero-order valence-corrected chi connectivity index (χ0v) is 11.7. The van der Waals surface area contributed by atoms with Gasteiger partial charge in [-0.3, -0.25) is 4.79 Å². The Kier molecular flexibility index (Phi) is 5.00. The van der Waals surface area contributed by atoms with Crippen LogP contribution in [0.4, 0.5) is 0 Å². The Morgan fingerprint density at radius 1 is 1.31 bits per heavy atom. The fourth-order valence-corrected chi connectivity index (χ4v) is 2.09. The van der Waals surface area contributed by atoms with Crippen LogP contribution in [0.1, 0.15) is 25.0 Å². The first-order chi connectivity index (χ1) is 7.58. The summed E-state index contributed by atoms with van der Waals surface area (Å²) in [5.74, 6) is 0.200. The Morgan fingerprint density at radius 2 is 1.94 bits per heavy atom. The van der Waals surface area contributed by atoms with Gasteiger partial charge in [-0.15, -0.1) is 0 Å². The third-order valence-electron chi connectivity index (χ3n) is 2.77. The first-order valence-corrected chi connectivity index (χ1v) is 6.40. The highest BCUT2D eigenvalue weighted by Crippen LogP contribution is 2.17. The van der Waals surface area contributed by atoms with Crippen molar-refractivity contribution in [3.63, 3.8) is 0 Å². The van der Waals surface area contributed by atoms with Crippen molar-refractivity contribution in [2.75, 3.05) is 13.1 Å². The van der Waals surface area contributed by atoms with E-state index in [1.807, 2.05) is 43.9 Å². The summed E-state index contributed by atoms with van der Waals surface area (Å²) in [7, 11) is 0. The number of carbonyl (C=O) groups is 1. The lowest BCUT2D eigenvalue weighted by Crippen LogP contribution is -2.31. The van der Waals surface area contributed by atoms with E-state index >= 15 is 0 Å². The third-order valence-corrected chi connectivity index (χ3v) is 3.26. The fraction of sp³-hybridized carbons (Fsp3) is 0.462. The molecule has 0 aromatic heterocycles. The van der Waals surface area contributed by atoms with Crippen LogP contribution in [0, 0.1) is 6.92 Å². The number of aryl methyl sites for hydroxylation is 1. The molecule has 88 valence electrons. The van der Waals surface area contributed by atoms with Crippen molar-refractivity contribution >= 4 is 21.8 Å². The molecule has 0 unspecified atom stereocenters. The number of amides is 1. The Bertz CT molecular complexity index is 372.